The number of ether oxygens (including phenoxy) is 2. The molecule has 0 aliphatic rings. The van der Waals surface area contributed by atoms with E-state index in [0.717, 1.165) is 6.26 Å². The summed E-state index contributed by atoms with van der Waals surface area (Å²) in [6, 6.07) is 0. The number of hydrogen-bond acceptors (Lipinski definition) is 5. The minimum atomic E-state index is -3.47. The van der Waals surface area contributed by atoms with Crippen LogP contribution in [-0.2, 0) is 24.1 Å². The summed E-state index contributed by atoms with van der Waals surface area (Å²) in [6.45, 7) is 7.40. The average molecular weight is 281 g/mol. The predicted octanol–water partition coefficient (Wildman–Crippen LogP) is 0.325. The Labute approximate surface area is 109 Å². The standard InChI is InChI=1S/C11H23NO5S/c1-6-16-9(17-7-2)8-12-10(13)11(3,4)18(5,14)15/h9H,6-8H2,1-5H3,(H,12,13). The molecule has 0 unspecified atom stereocenters. The molecular formula is C11H23NO5S. The Balaban J connectivity index is 4.49. The van der Waals surface area contributed by atoms with Crippen LogP contribution in [0.5, 0.6) is 0 Å². The number of sulfone groups is 1. The van der Waals surface area contributed by atoms with Crippen molar-refractivity contribution in [2.75, 3.05) is 26.0 Å². The van der Waals surface area contributed by atoms with Crippen LogP contribution in [0.15, 0.2) is 0 Å². The molecule has 0 aromatic heterocycles. The minimum absolute atomic E-state index is 0.124. The Morgan fingerprint density at radius 2 is 1.67 bits per heavy atom. The predicted molar refractivity (Wildman–Crippen MR) is 69.0 cm³/mol. The third kappa shape index (κ3) is 4.91. The summed E-state index contributed by atoms with van der Waals surface area (Å²) in [5.74, 6) is -0.561. The zero-order valence-corrected chi connectivity index (χ0v) is 12.5. The van der Waals surface area contributed by atoms with E-state index >= 15 is 0 Å². The molecule has 0 aliphatic heterocycles. The second-order valence-electron chi connectivity index (χ2n) is 4.33. The summed E-state index contributed by atoms with van der Waals surface area (Å²) < 4.78 is 32.0. The molecule has 0 aromatic carbocycles. The van der Waals surface area contributed by atoms with Gasteiger partial charge in [0.2, 0.25) is 5.91 Å². The number of amides is 1. The fourth-order valence-electron chi connectivity index (χ4n) is 1.10. The first-order chi connectivity index (χ1) is 8.16. The van der Waals surface area contributed by atoms with Gasteiger partial charge in [-0.05, 0) is 27.7 Å². The molecule has 0 saturated carbocycles. The highest BCUT2D eigenvalue weighted by Gasteiger charge is 2.38. The van der Waals surface area contributed by atoms with Crippen molar-refractivity contribution in [3.63, 3.8) is 0 Å². The summed E-state index contributed by atoms with van der Waals surface area (Å²) >= 11 is 0. The van der Waals surface area contributed by atoms with E-state index in [4.69, 9.17) is 9.47 Å². The summed E-state index contributed by atoms with van der Waals surface area (Å²) in [5, 5.41) is 2.53. The third-order valence-electron chi connectivity index (χ3n) is 2.61. The lowest BCUT2D eigenvalue weighted by Gasteiger charge is -2.23. The molecule has 1 N–H and O–H groups in total. The van der Waals surface area contributed by atoms with Crippen LogP contribution in [0.2, 0.25) is 0 Å². The molecule has 0 bridgehead atoms. The number of carbonyl (C=O) groups excluding carboxylic acids is 1. The maximum atomic E-state index is 11.8. The number of hydrogen-bond donors (Lipinski definition) is 1. The van der Waals surface area contributed by atoms with Gasteiger partial charge in [-0.1, -0.05) is 0 Å². The lowest BCUT2D eigenvalue weighted by atomic mass is 10.2. The van der Waals surface area contributed by atoms with Gasteiger partial charge in [0, 0.05) is 19.5 Å². The van der Waals surface area contributed by atoms with Gasteiger partial charge in [0.1, 0.15) is 4.75 Å². The van der Waals surface area contributed by atoms with E-state index < -0.39 is 26.8 Å². The molecule has 0 fully saturated rings. The highest BCUT2D eigenvalue weighted by molar-refractivity contribution is 7.92. The van der Waals surface area contributed by atoms with Gasteiger partial charge in [-0.3, -0.25) is 4.79 Å². The van der Waals surface area contributed by atoms with Gasteiger partial charge in [-0.2, -0.15) is 0 Å². The average Bonchev–Trinajstić information content (AvgIpc) is 2.24. The van der Waals surface area contributed by atoms with E-state index in [1.807, 2.05) is 13.8 Å². The molecule has 6 nitrogen and oxygen atoms in total. The molecule has 0 heterocycles. The van der Waals surface area contributed by atoms with Crippen molar-refractivity contribution in [3.8, 4) is 0 Å². The van der Waals surface area contributed by atoms with Crippen LogP contribution >= 0.6 is 0 Å². The van der Waals surface area contributed by atoms with Crippen molar-refractivity contribution in [2.24, 2.45) is 0 Å². The first-order valence-corrected chi connectivity index (χ1v) is 7.77. The molecule has 7 heteroatoms. The summed E-state index contributed by atoms with van der Waals surface area (Å²) in [6.07, 6.45) is 0.481. The lowest BCUT2D eigenvalue weighted by molar-refractivity contribution is -0.141. The fourth-order valence-corrected chi connectivity index (χ4v) is 1.50. The quantitative estimate of drug-likeness (QED) is 0.648. The number of carbonyl (C=O) groups is 1. The van der Waals surface area contributed by atoms with E-state index in [9.17, 15) is 13.2 Å². The highest BCUT2D eigenvalue weighted by Crippen LogP contribution is 2.14. The van der Waals surface area contributed by atoms with Crippen LogP contribution in [0.25, 0.3) is 0 Å². The van der Waals surface area contributed by atoms with Crippen LogP contribution in [-0.4, -0.2) is 51.4 Å². The second-order valence-corrected chi connectivity index (χ2v) is 6.90. The van der Waals surface area contributed by atoms with Gasteiger partial charge >= 0.3 is 0 Å². The molecule has 108 valence electrons. The number of rotatable bonds is 8. The van der Waals surface area contributed by atoms with Crippen LogP contribution in [0.4, 0.5) is 0 Å². The summed E-state index contributed by atoms with van der Waals surface area (Å²) in [7, 11) is -3.47. The van der Waals surface area contributed by atoms with E-state index in [-0.39, 0.29) is 6.54 Å². The van der Waals surface area contributed by atoms with E-state index in [1.165, 1.54) is 13.8 Å². The van der Waals surface area contributed by atoms with Crippen molar-refractivity contribution in [2.45, 2.75) is 38.7 Å². The van der Waals surface area contributed by atoms with Gasteiger partial charge in [0.05, 0.1) is 6.54 Å². The Morgan fingerprint density at radius 3 is 2.00 bits per heavy atom. The van der Waals surface area contributed by atoms with Crippen molar-refractivity contribution < 1.29 is 22.7 Å². The Morgan fingerprint density at radius 1 is 1.22 bits per heavy atom. The van der Waals surface area contributed by atoms with Gasteiger partial charge in [-0.15, -0.1) is 0 Å². The normalized spacial score (nSPS) is 12.8. The first kappa shape index (κ1) is 17.3. The number of nitrogens with one attached hydrogen (secondary N) is 1. The van der Waals surface area contributed by atoms with Crippen LogP contribution in [0.1, 0.15) is 27.7 Å². The molecule has 0 saturated heterocycles. The Bertz CT molecular complexity index is 358. The SMILES string of the molecule is CCOC(CNC(=O)C(C)(C)S(C)(=O)=O)OCC. The minimum Gasteiger partial charge on any atom is -0.351 e. The maximum Gasteiger partial charge on any atom is 0.241 e. The van der Waals surface area contributed by atoms with Crippen LogP contribution in [0.3, 0.4) is 0 Å². The topological polar surface area (TPSA) is 81.7 Å². The zero-order valence-electron chi connectivity index (χ0n) is 11.6. The molecule has 0 rings (SSSR count). The van der Waals surface area contributed by atoms with E-state index in [1.54, 1.807) is 0 Å². The van der Waals surface area contributed by atoms with Gasteiger partial charge in [-0.25, -0.2) is 8.42 Å². The monoisotopic (exact) mass is 281 g/mol. The smallest absolute Gasteiger partial charge is 0.241 e. The van der Waals surface area contributed by atoms with Crippen molar-refractivity contribution in [3.05, 3.63) is 0 Å². The molecule has 18 heavy (non-hydrogen) atoms. The van der Waals surface area contributed by atoms with Crippen molar-refractivity contribution >= 4 is 15.7 Å². The molecule has 0 atom stereocenters. The van der Waals surface area contributed by atoms with Gasteiger partial charge in [0.15, 0.2) is 16.1 Å². The third-order valence-corrected chi connectivity index (χ3v) is 4.65. The van der Waals surface area contributed by atoms with Gasteiger partial charge in [0.25, 0.3) is 0 Å². The molecular weight excluding hydrogens is 258 g/mol. The zero-order chi connectivity index (χ0) is 14.4. The molecule has 0 aliphatic carbocycles. The first-order valence-electron chi connectivity index (χ1n) is 5.87. The lowest BCUT2D eigenvalue weighted by Crippen LogP contribution is -2.49. The largest absolute Gasteiger partial charge is 0.351 e. The van der Waals surface area contributed by atoms with E-state index in [2.05, 4.69) is 5.32 Å². The Hall–Kier alpha value is -0.660. The summed E-state index contributed by atoms with van der Waals surface area (Å²) in [5.41, 5.74) is 0. The van der Waals surface area contributed by atoms with E-state index in [0.29, 0.717) is 13.2 Å². The van der Waals surface area contributed by atoms with Crippen LogP contribution < -0.4 is 5.32 Å². The molecule has 0 aromatic rings. The second kappa shape index (κ2) is 7.06. The van der Waals surface area contributed by atoms with Gasteiger partial charge < -0.3 is 14.8 Å². The molecule has 0 radical (unpaired) electrons. The molecule has 0 spiro atoms. The Kier molecular flexibility index (Phi) is 6.80. The summed E-state index contributed by atoms with van der Waals surface area (Å²) in [4.78, 5) is 11.8. The highest BCUT2D eigenvalue weighted by atomic mass is 32.2. The maximum absolute atomic E-state index is 11.8. The van der Waals surface area contributed by atoms with Crippen LogP contribution in [0, 0.1) is 0 Å². The molecule has 1 amide bonds. The fraction of sp³-hybridized carbons (Fsp3) is 0.909. The van der Waals surface area contributed by atoms with Crippen molar-refractivity contribution in [1.29, 1.82) is 0 Å². The van der Waals surface area contributed by atoms with Crippen molar-refractivity contribution in [1.82, 2.24) is 5.32 Å².